The Hall–Kier alpha value is -0.900. The van der Waals surface area contributed by atoms with Crippen molar-refractivity contribution in [2.24, 2.45) is 0 Å². The van der Waals surface area contributed by atoms with E-state index in [2.05, 4.69) is 40.5 Å². The molecule has 2 fully saturated rings. The van der Waals surface area contributed by atoms with E-state index in [0.29, 0.717) is 0 Å². The van der Waals surface area contributed by atoms with E-state index in [4.69, 9.17) is 4.74 Å². The summed E-state index contributed by atoms with van der Waals surface area (Å²) < 4.78 is 6.03. The second kappa shape index (κ2) is 6.04. The molecule has 0 radical (unpaired) electrons. The highest BCUT2D eigenvalue weighted by molar-refractivity contribution is 5.14. The Labute approximate surface area is 115 Å². The largest absolute Gasteiger partial charge is 0.372 e. The van der Waals surface area contributed by atoms with Gasteiger partial charge in [-0.2, -0.15) is 0 Å². The van der Waals surface area contributed by atoms with Gasteiger partial charge in [-0.15, -0.1) is 0 Å². The van der Waals surface area contributed by atoms with Crippen LogP contribution in [0.1, 0.15) is 18.4 Å². The molecule has 0 amide bonds. The zero-order chi connectivity index (χ0) is 13.0. The average molecular weight is 260 g/mol. The van der Waals surface area contributed by atoms with Crippen LogP contribution in [0.25, 0.3) is 0 Å². The Kier molecular flexibility index (Phi) is 4.16. The summed E-state index contributed by atoms with van der Waals surface area (Å²) >= 11 is 0. The molecule has 1 spiro atoms. The first-order valence-corrected chi connectivity index (χ1v) is 7.47. The number of hydrogen-bond acceptors (Lipinski definition) is 3. The van der Waals surface area contributed by atoms with Gasteiger partial charge in [-0.05, 0) is 24.8 Å². The van der Waals surface area contributed by atoms with E-state index >= 15 is 0 Å². The molecule has 1 N–H and O–H groups in total. The molecule has 0 saturated carbocycles. The molecular weight excluding hydrogens is 236 g/mol. The van der Waals surface area contributed by atoms with Crippen molar-refractivity contribution in [3.63, 3.8) is 0 Å². The fourth-order valence-corrected chi connectivity index (χ4v) is 3.14. The molecule has 0 aliphatic carbocycles. The lowest BCUT2D eigenvalue weighted by Crippen LogP contribution is -2.55. The number of hydrogen-bond donors (Lipinski definition) is 1. The van der Waals surface area contributed by atoms with E-state index < -0.39 is 0 Å². The lowest BCUT2D eigenvalue weighted by Gasteiger charge is -2.44. The molecule has 1 aromatic carbocycles. The van der Waals surface area contributed by atoms with Crippen LogP contribution in [0.2, 0.25) is 0 Å². The number of morpholine rings is 1. The van der Waals surface area contributed by atoms with Gasteiger partial charge in [-0.3, -0.25) is 0 Å². The number of ether oxygens (including phenoxy) is 1. The number of piperidine rings is 1. The summed E-state index contributed by atoms with van der Waals surface area (Å²) in [6.07, 6.45) is 3.51. The van der Waals surface area contributed by atoms with E-state index in [0.717, 1.165) is 26.1 Å². The summed E-state index contributed by atoms with van der Waals surface area (Å²) in [7, 11) is 0. The number of nitrogens with one attached hydrogen (secondary N) is 1. The molecule has 0 atom stereocenters. The van der Waals surface area contributed by atoms with E-state index in [1.165, 1.54) is 38.0 Å². The summed E-state index contributed by atoms with van der Waals surface area (Å²) in [6, 6.07) is 10.8. The second-order valence-corrected chi connectivity index (χ2v) is 5.79. The number of nitrogens with zero attached hydrogens (tertiary/aromatic N) is 1. The standard InChI is InChI=1S/C16H24N2O/c1-2-4-15(5-3-1)6-10-18-11-7-16(8-12-18)14-17-9-13-19-16/h1-5,17H,6-14H2. The van der Waals surface area contributed by atoms with E-state index in [1.807, 2.05) is 0 Å². The predicted octanol–water partition coefficient (Wildman–Crippen LogP) is 1.68. The van der Waals surface area contributed by atoms with Crippen molar-refractivity contribution in [2.75, 3.05) is 39.3 Å². The Morgan fingerprint density at radius 1 is 1.16 bits per heavy atom. The molecule has 3 nitrogen and oxygen atoms in total. The average Bonchev–Trinajstić information content (AvgIpc) is 2.49. The molecule has 0 unspecified atom stereocenters. The van der Waals surface area contributed by atoms with Crippen LogP contribution in [-0.4, -0.2) is 49.8 Å². The van der Waals surface area contributed by atoms with Gasteiger partial charge in [0.2, 0.25) is 0 Å². The highest BCUT2D eigenvalue weighted by Gasteiger charge is 2.36. The van der Waals surface area contributed by atoms with Crippen LogP contribution in [0.3, 0.4) is 0 Å². The van der Waals surface area contributed by atoms with Crippen molar-refractivity contribution in [3.8, 4) is 0 Å². The van der Waals surface area contributed by atoms with Crippen molar-refractivity contribution in [3.05, 3.63) is 35.9 Å². The summed E-state index contributed by atoms with van der Waals surface area (Å²) in [5.74, 6) is 0. The number of benzene rings is 1. The maximum Gasteiger partial charge on any atom is 0.0831 e. The third-order valence-electron chi connectivity index (χ3n) is 4.46. The van der Waals surface area contributed by atoms with Crippen LogP contribution < -0.4 is 5.32 Å². The van der Waals surface area contributed by atoms with Gasteiger partial charge in [-0.1, -0.05) is 30.3 Å². The van der Waals surface area contributed by atoms with Gasteiger partial charge in [0.05, 0.1) is 12.2 Å². The molecule has 2 aliphatic heterocycles. The number of likely N-dealkylation sites (tertiary alicyclic amines) is 1. The third-order valence-corrected chi connectivity index (χ3v) is 4.46. The van der Waals surface area contributed by atoms with Crippen LogP contribution in [0, 0.1) is 0 Å². The Bertz CT molecular complexity index is 377. The fourth-order valence-electron chi connectivity index (χ4n) is 3.14. The first-order chi connectivity index (χ1) is 9.36. The van der Waals surface area contributed by atoms with Gasteiger partial charge in [-0.25, -0.2) is 0 Å². The van der Waals surface area contributed by atoms with Crippen LogP contribution in [-0.2, 0) is 11.2 Å². The summed E-state index contributed by atoms with van der Waals surface area (Å²) in [5, 5.41) is 3.47. The van der Waals surface area contributed by atoms with Crippen molar-refractivity contribution >= 4 is 0 Å². The molecule has 19 heavy (non-hydrogen) atoms. The number of rotatable bonds is 3. The zero-order valence-corrected chi connectivity index (χ0v) is 11.6. The van der Waals surface area contributed by atoms with Gasteiger partial charge in [0.15, 0.2) is 0 Å². The van der Waals surface area contributed by atoms with Crippen LogP contribution in [0.5, 0.6) is 0 Å². The smallest absolute Gasteiger partial charge is 0.0831 e. The van der Waals surface area contributed by atoms with E-state index in [9.17, 15) is 0 Å². The Balaban J connectivity index is 1.45. The highest BCUT2D eigenvalue weighted by atomic mass is 16.5. The van der Waals surface area contributed by atoms with Crippen LogP contribution in [0.15, 0.2) is 30.3 Å². The first kappa shape index (κ1) is 13.1. The molecule has 1 aromatic rings. The van der Waals surface area contributed by atoms with Crippen molar-refractivity contribution < 1.29 is 4.74 Å². The minimum Gasteiger partial charge on any atom is -0.372 e. The Morgan fingerprint density at radius 2 is 1.95 bits per heavy atom. The molecular formula is C16H24N2O. The lowest BCUT2D eigenvalue weighted by molar-refractivity contribution is -0.0994. The highest BCUT2D eigenvalue weighted by Crippen LogP contribution is 2.27. The maximum absolute atomic E-state index is 6.03. The van der Waals surface area contributed by atoms with Gasteiger partial charge < -0.3 is 15.0 Å². The molecule has 2 heterocycles. The second-order valence-electron chi connectivity index (χ2n) is 5.79. The minimum atomic E-state index is 0.140. The summed E-state index contributed by atoms with van der Waals surface area (Å²) in [4.78, 5) is 2.58. The molecule has 0 aromatic heterocycles. The predicted molar refractivity (Wildman–Crippen MR) is 77.4 cm³/mol. The normalized spacial score (nSPS) is 23.6. The van der Waals surface area contributed by atoms with Crippen molar-refractivity contribution in [1.29, 1.82) is 0 Å². The van der Waals surface area contributed by atoms with Gasteiger partial charge in [0.25, 0.3) is 0 Å². The molecule has 2 aliphatic rings. The van der Waals surface area contributed by atoms with Gasteiger partial charge in [0.1, 0.15) is 0 Å². The zero-order valence-electron chi connectivity index (χ0n) is 11.6. The van der Waals surface area contributed by atoms with Gasteiger partial charge in [0, 0.05) is 32.7 Å². The lowest BCUT2D eigenvalue weighted by atomic mass is 9.90. The van der Waals surface area contributed by atoms with E-state index in [-0.39, 0.29) is 5.60 Å². The van der Waals surface area contributed by atoms with E-state index in [1.54, 1.807) is 0 Å². The van der Waals surface area contributed by atoms with Gasteiger partial charge >= 0.3 is 0 Å². The fraction of sp³-hybridized carbons (Fsp3) is 0.625. The minimum absolute atomic E-state index is 0.140. The maximum atomic E-state index is 6.03. The SMILES string of the molecule is c1ccc(CCN2CCC3(CC2)CNCCO3)cc1. The molecule has 3 rings (SSSR count). The third kappa shape index (κ3) is 3.35. The monoisotopic (exact) mass is 260 g/mol. The molecule has 3 heteroatoms. The van der Waals surface area contributed by atoms with Crippen molar-refractivity contribution in [1.82, 2.24) is 10.2 Å². The molecule has 0 bridgehead atoms. The summed E-state index contributed by atoms with van der Waals surface area (Å²) in [5.41, 5.74) is 1.58. The summed E-state index contributed by atoms with van der Waals surface area (Å²) in [6.45, 7) is 6.46. The molecule has 104 valence electrons. The quantitative estimate of drug-likeness (QED) is 0.895. The van der Waals surface area contributed by atoms with Crippen LogP contribution >= 0.6 is 0 Å². The van der Waals surface area contributed by atoms with Crippen molar-refractivity contribution in [2.45, 2.75) is 24.9 Å². The topological polar surface area (TPSA) is 24.5 Å². The molecule has 2 saturated heterocycles. The Morgan fingerprint density at radius 3 is 2.63 bits per heavy atom. The first-order valence-electron chi connectivity index (χ1n) is 7.47. The van der Waals surface area contributed by atoms with Crippen LogP contribution in [0.4, 0.5) is 0 Å².